The van der Waals surface area contributed by atoms with Crippen LogP contribution in [0.3, 0.4) is 0 Å². The van der Waals surface area contributed by atoms with Crippen LogP contribution >= 0.6 is 0 Å². The molecule has 0 fully saturated rings. The lowest BCUT2D eigenvalue weighted by molar-refractivity contribution is -0.113. The molecule has 0 saturated carbocycles. The molecule has 5 rings (SSSR count). The van der Waals surface area contributed by atoms with Crippen molar-refractivity contribution in [2.75, 3.05) is 0 Å². The van der Waals surface area contributed by atoms with E-state index in [1.54, 1.807) is 6.20 Å². The Kier molecular flexibility index (Phi) is 5.90. The summed E-state index contributed by atoms with van der Waals surface area (Å²) in [5.74, 6) is 0.0736. The van der Waals surface area contributed by atoms with Gasteiger partial charge in [0.2, 0.25) is 0 Å². The normalized spacial score (nSPS) is 11.5. The van der Waals surface area contributed by atoms with Crippen LogP contribution in [-0.2, 0) is 11.2 Å². The number of hydrogen-bond acceptors (Lipinski definition) is 2. The first-order valence-corrected chi connectivity index (χ1v) is 11.1. The Hall–Kier alpha value is -4.30. The molecular formula is C31H23NO. The van der Waals surface area contributed by atoms with Crippen LogP contribution < -0.4 is 0 Å². The number of nitrogens with zero attached hydrogens (tertiary/aromatic N) is 1. The first kappa shape index (κ1) is 20.6. The third-order valence-corrected chi connectivity index (χ3v) is 5.78. The maximum absolute atomic E-state index is 13.6. The predicted octanol–water partition coefficient (Wildman–Crippen LogP) is 7.25. The average molecular weight is 426 g/mol. The van der Waals surface area contributed by atoms with E-state index in [9.17, 15) is 4.79 Å². The first-order valence-electron chi connectivity index (χ1n) is 11.1. The summed E-state index contributed by atoms with van der Waals surface area (Å²) in [6.07, 6.45) is 4.06. The van der Waals surface area contributed by atoms with Crippen LogP contribution in [0.1, 0.15) is 16.7 Å². The third-order valence-electron chi connectivity index (χ3n) is 5.78. The van der Waals surface area contributed by atoms with E-state index in [0.29, 0.717) is 5.57 Å². The van der Waals surface area contributed by atoms with Crippen LogP contribution in [0.25, 0.3) is 33.7 Å². The SMILES string of the molecule is O=C(Cc1ccc(-c2ccccc2)c2cccnc12)/C(=C/c1ccccc1)c1ccccc1. The Bertz CT molecular complexity index is 1420. The molecule has 0 aliphatic carbocycles. The summed E-state index contributed by atoms with van der Waals surface area (Å²) in [5.41, 5.74) is 6.71. The number of carbonyl (C=O) groups excluding carboxylic acids is 1. The van der Waals surface area contributed by atoms with Crippen LogP contribution in [0, 0.1) is 0 Å². The zero-order chi connectivity index (χ0) is 22.5. The number of allylic oxidation sites excluding steroid dienone is 1. The molecule has 0 atom stereocenters. The lowest BCUT2D eigenvalue weighted by atomic mass is 9.92. The lowest BCUT2D eigenvalue weighted by Gasteiger charge is -2.12. The molecule has 5 aromatic rings. The lowest BCUT2D eigenvalue weighted by Crippen LogP contribution is -2.07. The molecule has 0 saturated heterocycles. The molecule has 0 radical (unpaired) electrons. The highest BCUT2D eigenvalue weighted by atomic mass is 16.1. The van der Waals surface area contributed by atoms with Crippen LogP contribution in [0.2, 0.25) is 0 Å². The fraction of sp³-hybridized carbons (Fsp3) is 0.0323. The number of aromatic nitrogens is 1. The molecule has 0 amide bonds. The molecular weight excluding hydrogens is 402 g/mol. The van der Waals surface area contributed by atoms with Gasteiger partial charge in [0.1, 0.15) is 0 Å². The largest absolute Gasteiger partial charge is 0.294 e. The minimum absolute atomic E-state index is 0.0736. The molecule has 0 spiro atoms. The highest BCUT2D eigenvalue weighted by Crippen LogP contribution is 2.31. The number of rotatable bonds is 6. The number of carbonyl (C=O) groups is 1. The quantitative estimate of drug-likeness (QED) is 0.212. The first-order chi connectivity index (χ1) is 16.3. The number of benzene rings is 4. The van der Waals surface area contributed by atoms with Gasteiger partial charge in [0.05, 0.1) is 5.52 Å². The van der Waals surface area contributed by atoms with E-state index in [1.165, 1.54) is 0 Å². The third kappa shape index (κ3) is 4.51. The summed E-state index contributed by atoms with van der Waals surface area (Å²) < 4.78 is 0. The fourth-order valence-electron chi connectivity index (χ4n) is 4.17. The van der Waals surface area contributed by atoms with E-state index in [4.69, 9.17) is 0 Å². The summed E-state index contributed by atoms with van der Waals surface area (Å²) in [4.78, 5) is 18.3. The Morgan fingerprint density at radius 1 is 0.697 bits per heavy atom. The Balaban J connectivity index is 1.56. The van der Waals surface area contributed by atoms with Gasteiger partial charge in [0.15, 0.2) is 5.78 Å². The Labute approximate surface area is 193 Å². The molecule has 158 valence electrons. The van der Waals surface area contributed by atoms with Gasteiger partial charge in [-0.1, -0.05) is 109 Å². The predicted molar refractivity (Wildman–Crippen MR) is 137 cm³/mol. The highest BCUT2D eigenvalue weighted by molar-refractivity contribution is 6.26. The van der Waals surface area contributed by atoms with Crippen LogP contribution in [0.4, 0.5) is 0 Å². The maximum Gasteiger partial charge on any atom is 0.167 e. The van der Waals surface area contributed by atoms with E-state index in [1.807, 2.05) is 97.1 Å². The van der Waals surface area contributed by atoms with E-state index >= 15 is 0 Å². The second kappa shape index (κ2) is 9.46. The molecule has 33 heavy (non-hydrogen) atoms. The molecule has 2 heteroatoms. The molecule has 2 nitrogen and oxygen atoms in total. The standard InChI is InChI=1S/C31H23NO/c33-30(29(25-15-8-3-9-16-25)21-23-11-4-1-5-12-23)22-26-18-19-27(24-13-6-2-7-14-24)28-17-10-20-32-31(26)28/h1-21H,22H2/b29-21+. The minimum Gasteiger partial charge on any atom is -0.294 e. The second-order valence-corrected chi connectivity index (χ2v) is 7.97. The van der Waals surface area contributed by atoms with Crippen LogP contribution in [-0.4, -0.2) is 10.8 Å². The summed E-state index contributed by atoms with van der Waals surface area (Å²) in [5, 5.41) is 1.06. The molecule has 0 unspecified atom stereocenters. The zero-order valence-corrected chi connectivity index (χ0v) is 18.2. The zero-order valence-electron chi connectivity index (χ0n) is 18.2. The fourth-order valence-corrected chi connectivity index (χ4v) is 4.17. The topological polar surface area (TPSA) is 30.0 Å². The molecule has 0 N–H and O–H groups in total. The summed E-state index contributed by atoms with van der Waals surface area (Å²) in [7, 11) is 0. The monoisotopic (exact) mass is 425 g/mol. The minimum atomic E-state index is 0.0736. The van der Waals surface area contributed by atoms with Crippen molar-refractivity contribution >= 4 is 28.3 Å². The van der Waals surface area contributed by atoms with Gasteiger partial charge >= 0.3 is 0 Å². The molecule has 0 aliphatic rings. The number of Topliss-reactive ketones (excluding diaryl/α,β-unsaturated/α-hetero) is 1. The van der Waals surface area contributed by atoms with Gasteiger partial charge in [-0.2, -0.15) is 0 Å². The number of ketones is 1. The van der Waals surface area contributed by atoms with Gasteiger partial charge in [-0.05, 0) is 40.0 Å². The smallest absolute Gasteiger partial charge is 0.167 e. The molecule has 4 aromatic carbocycles. The number of pyridine rings is 1. The van der Waals surface area contributed by atoms with E-state index in [2.05, 4.69) is 29.2 Å². The summed E-state index contributed by atoms with van der Waals surface area (Å²) in [6, 6.07) is 38.3. The van der Waals surface area contributed by atoms with E-state index < -0.39 is 0 Å². The van der Waals surface area contributed by atoms with Gasteiger partial charge < -0.3 is 0 Å². The van der Waals surface area contributed by atoms with Crippen molar-refractivity contribution in [3.63, 3.8) is 0 Å². The van der Waals surface area contributed by atoms with Crippen molar-refractivity contribution in [2.45, 2.75) is 6.42 Å². The summed E-state index contributed by atoms with van der Waals surface area (Å²) in [6.45, 7) is 0. The molecule has 0 bridgehead atoms. The highest BCUT2D eigenvalue weighted by Gasteiger charge is 2.16. The van der Waals surface area contributed by atoms with Crippen molar-refractivity contribution in [2.24, 2.45) is 0 Å². The second-order valence-electron chi connectivity index (χ2n) is 7.97. The van der Waals surface area contributed by atoms with Gasteiger partial charge in [-0.15, -0.1) is 0 Å². The van der Waals surface area contributed by atoms with Gasteiger partial charge in [-0.25, -0.2) is 0 Å². The molecule has 1 aromatic heterocycles. The van der Waals surface area contributed by atoms with E-state index in [0.717, 1.165) is 38.7 Å². The van der Waals surface area contributed by atoms with Crippen molar-refractivity contribution in [3.8, 4) is 11.1 Å². The number of hydrogen-bond donors (Lipinski definition) is 0. The van der Waals surface area contributed by atoms with E-state index in [-0.39, 0.29) is 12.2 Å². The van der Waals surface area contributed by atoms with Gasteiger partial charge in [0.25, 0.3) is 0 Å². The van der Waals surface area contributed by atoms with Crippen LogP contribution in [0.5, 0.6) is 0 Å². The van der Waals surface area contributed by atoms with Crippen molar-refractivity contribution in [3.05, 3.63) is 138 Å². The van der Waals surface area contributed by atoms with Gasteiger partial charge in [0, 0.05) is 23.6 Å². The summed E-state index contributed by atoms with van der Waals surface area (Å²) >= 11 is 0. The average Bonchev–Trinajstić information content (AvgIpc) is 2.89. The Morgan fingerprint density at radius 3 is 2.09 bits per heavy atom. The molecule has 0 aliphatic heterocycles. The van der Waals surface area contributed by atoms with Gasteiger partial charge in [-0.3, -0.25) is 9.78 Å². The maximum atomic E-state index is 13.6. The van der Waals surface area contributed by atoms with Crippen molar-refractivity contribution in [1.82, 2.24) is 4.98 Å². The molecule has 1 heterocycles. The van der Waals surface area contributed by atoms with Crippen molar-refractivity contribution < 1.29 is 4.79 Å². The number of fused-ring (bicyclic) bond motifs is 1. The van der Waals surface area contributed by atoms with Crippen molar-refractivity contribution in [1.29, 1.82) is 0 Å². The Morgan fingerprint density at radius 2 is 1.36 bits per heavy atom. The van der Waals surface area contributed by atoms with Crippen LogP contribution in [0.15, 0.2) is 121 Å².